The maximum Gasteiger partial charge on any atom is 0.160 e. The molecule has 0 aliphatic heterocycles. The molecule has 0 unspecified atom stereocenters. The molecule has 238 valence electrons. The molecule has 3 heterocycles. The summed E-state index contributed by atoms with van der Waals surface area (Å²) in [4.78, 5) is 15.6. The Bertz CT molecular complexity index is 2900. The lowest BCUT2D eigenvalue weighted by Gasteiger charge is -2.14. The highest BCUT2D eigenvalue weighted by atomic mass is 32.1. The third-order valence-corrected chi connectivity index (χ3v) is 10.9. The first-order valence-corrected chi connectivity index (χ1v) is 17.9. The first kappa shape index (κ1) is 29.4. The van der Waals surface area contributed by atoms with Crippen LogP contribution in [0.2, 0.25) is 0 Å². The number of hydrogen-bond donors (Lipinski definition) is 0. The van der Waals surface area contributed by atoms with Crippen molar-refractivity contribution in [2.75, 3.05) is 0 Å². The van der Waals surface area contributed by atoms with Gasteiger partial charge < -0.3 is 0 Å². The average Bonchev–Trinajstić information content (AvgIpc) is 3.58. The summed E-state index contributed by atoms with van der Waals surface area (Å²) in [6.07, 6.45) is 0. The quantitative estimate of drug-likeness (QED) is 0.171. The fraction of sp³-hybridized carbons (Fsp3) is 0. The molecule has 0 N–H and O–H groups in total. The maximum absolute atomic E-state index is 5.29. The molecular formula is C47H29N3S. The standard InChI is InChI=1S/C47H29N3S/c1-3-12-30(13-4-1)31-22-24-33(25-23-31)40-29-41(50-47(49-40)34-15-5-2-6-16-34)35-17-11-18-36(28-35)43-44-37-19-8-7-14-32(37)26-27-39(44)48-45-38-20-9-10-21-42(38)51-46(43)45/h1-29H. The van der Waals surface area contributed by atoms with E-state index in [0.717, 1.165) is 44.7 Å². The lowest BCUT2D eigenvalue weighted by atomic mass is 9.94. The molecule has 7 aromatic carbocycles. The van der Waals surface area contributed by atoms with Gasteiger partial charge in [0.05, 0.1) is 27.1 Å². The molecule has 0 atom stereocenters. The molecule has 0 spiro atoms. The van der Waals surface area contributed by atoms with Crippen LogP contribution in [-0.2, 0) is 0 Å². The van der Waals surface area contributed by atoms with Gasteiger partial charge in [0.2, 0.25) is 0 Å². The van der Waals surface area contributed by atoms with Crippen LogP contribution in [0.25, 0.3) is 98.1 Å². The van der Waals surface area contributed by atoms with E-state index in [1.54, 1.807) is 0 Å². The van der Waals surface area contributed by atoms with E-state index < -0.39 is 0 Å². The molecule has 0 aliphatic carbocycles. The van der Waals surface area contributed by atoms with E-state index in [-0.39, 0.29) is 0 Å². The van der Waals surface area contributed by atoms with E-state index in [2.05, 4.69) is 152 Å². The topological polar surface area (TPSA) is 38.7 Å². The van der Waals surface area contributed by atoms with Crippen molar-refractivity contribution in [3.8, 4) is 56.2 Å². The Hall–Kier alpha value is -6.49. The summed E-state index contributed by atoms with van der Waals surface area (Å²) in [5.41, 5.74) is 11.6. The summed E-state index contributed by atoms with van der Waals surface area (Å²) < 4.78 is 2.44. The number of aromatic nitrogens is 3. The Labute approximate surface area is 299 Å². The van der Waals surface area contributed by atoms with Crippen LogP contribution < -0.4 is 0 Å². The highest BCUT2D eigenvalue weighted by Crippen LogP contribution is 2.45. The van der Waals surface area contributed by atoms with Crippen molar-refractivity contribution < 1.29 is 0 Å². The third kappa shape index (κ3) is 5.16. The van der Waals surface area contributed by atoms with E-state index in [1.807, 2.05) is 35.6 Å². The summed E-state index contributed by atoms with van der Waals surface area (Å²) in [6, 6.07) is 61.9. The van der Waals surface area contributed by atoms with E-state index in [1.165, 1.54) is 47.6 Å². The molecule has 0 amide bonds. The Morgan fingerprint density at radius 2 is 1.00 bits per heavy atom. The van der Waals surface area contributed by atoms with E-state index in [9.17, 15) is 0 Å². The number of rotatable bonds is 5. The second kappa shape index (κ2) is 12.1. The highest BCUT2D eigenvalue weighted by molar-refractivity contribution is 7.26. The Morgan fingerprint density at radius 1 is 0.392 bits per heavy atom. The van der Waals surface area contributed by atoms with Crippen molar-refractivity contribution in [2.24, 2.45) is 0 Å². The molecular weight excluding hydrogens is 639 g/mol. The molecule has 10 rings (SSSR count). The van der Waals surface area contributed by atoms with Crippen LogP contribution in [-0.4, -0.2) is 15.0 Å². The predicted octanol–water partition coefficient (Wildman–Crippen LogP) is 12.9. The zero-order chi connectivity index (χ0) is 33.7. The molecule has 0 aliphatic rings. The molecule has 0 fully saturated rings. The Morgan fingerprint density at radius 3 is 1.80 bits per heavy atom. The number of fused-ring (bicyclic) bond motifs is 6. The Balaban J connectivity index is 1.19. The highest BCUT2D eigenvalue weighted by Gasteiger charge is 2.19. The minimum Gasteiger partial charge on any atom is -0.246 e. The number of benzene rings is 7. The van der Waals surface area contributed by atoms with Gasteiger partial charge in [0, 0.05) is 37.7 Å². The van der Waals surface area contributed by atoms with Crippen molar-refractivity contribution in [2.45, 2.75) is 0 Å². The molecule has 0 radical (unpaired) electrons. The summed E-state index contributed by atoms with van der Waals surface area (Å²) in [6.45, 7) is 0. The van der Waals surface area contributed by atoms with Crippen molar-refractivity contribution in [1.29, 1.82) is 0 Å². The molecule has 4 heteroatoms. The third-order valence-electron chi connectivity index (χ3n) is 9.68. The molecule has 51 heavy (non-hydrogen) atoms. The lowest BCUT2D eigenvalue weighted by Crippen LogP contribution is -1.96. The van der Waals surface area contributed by atoms with Gasteiger partial charge in [-0.2, -0.15) is 0 Å². The number of nitrogens with zero attached hydrogens (tertiary/aromatic N) is 3. The zero-order valence-corrected chi connectivity index (χ0v) is 28.3. The number of pyridine rings is 1. The van der Waals surface area contributed by atoms with Gasteiger partial charge in [-0.3, -0.25) is 0 Å². The summed E-state index contributed by atoms with van der Waals surface area (Å²) in [5.74, 6) is 0.702. The molecule has 0 saturated carbocycles. The van der Waals surface area contributed by atoms with Gasteiger partial charge in [-0.1, -0.05) is 152 Å². The van der Waals surface area contributed by atoms with Gasteiger partial charge in [0.15, 0.2) is 5.82 Å². The van der Waals surface area contributed by atoms with E-state index in [4.69, 9.17) is 15.0 Å². The Kier molecular flexibility index (Phi) is 7.00. The van der Waals surface area contributed by atoms with Gasteiger partial charge in [-0.05, 0) is 51.7 Å². The summed E-state index contributed by atoms with van der Waals surface area (Å²) in [5, 5.41) is 4.78. The van der Waals surface area contributed by atoms with Crippen LogP contribution in [0.4, 0.5) is 0 Å². The molecule has 10 aromatic rings. The van der Waals surface area contributed by atoms with Gasteiger partial charge in [0.25, 0.3) is 0 Å². The van der Waals surface area contributed by atoms with Crippen LogP contribution in [0.5, 0.6) is 0 Å². The van der Waals surface area contributed by atoms with Crippen LogP contribution >= 0.6 is 11.3 Å². The normalized spacial score (nSPS) is 11.5. The molecule has 0 saturated heterocycles. The molecule has 3 nitrogen and oxygen atoms in total. The van der Waals surface area contributed by atoms with Crippen LogP contribution in [0.15, 0.2) is 176 Å². The van der Waals surface area contributed by atoms with Crippen LogP contribution in [0.3, 0.4) is 0 Å². The monoisotopic (exact) mass is 667 g/mol. The fourth-order valence-corrected chi connectivity index (χ4v) is 8.41. The zero-order valence-electron chi connectivity index (χ0n) is 27.5. The van der Waals surface area contributed by atoms with Crippen LogP contribution in [0, 0.1) is 0 Å². The largest absolute Gasteiger partial charge is 0.246 e. The van der Waals surface area contributed by atoms with Gasteiger partial charge >= 0.3 is 0 Å². The average molecular weight is 668 g/mol. The van der Waals surface area contributed by atoms with Gasteiger partial charge in [-0.25, -0.2) is 15.0 Å². The minimum atomic E-state index is 0.702. The summed E-state index contributed by atoms with van der Waals surface area (Å²) >= 11 is 1.82. The second-order valence-electron chi connectivity index (χ2n) is 12.8. The maximum atomic E-state index is 5.29. The number of hydrogen-bond acceptors (Lipinski definition) is 4. The smallest absolute Gasteiger partial charge is 0.160 e. The van der Waals surface area contributed by atoms with Gasteiger partial charge in [-0.15, -0.1) is 11.3 Å². The fourth-order valence-electron chi connectivity index (χ4n) is 7.20. The predicted molar refractivity (Wildman–Crippen MR) is 215 cm³/mol. The van der Waals surface area contributed by atoms with E-state index in [0.29, 0.717) is 5.82 Å². The minimum absolute atomic E-state index is 0.702. The van der Waals surface area contributed by atoms with Crippen molar-refractivity contribution in [3.63, 3.8) is 0 Å². The van der Waals surface area contributed by atoms with Crippen LogP contribution in [0.1, 0.15) is 0 Å². The van der Waals surface area contributed by atoms with Crippen molar-refractivity contribution >= 4 is 53.3 Å². The first-order chi connectivity index (χ1) is 25.3. The SMILES string of the molecule is c1ccc(-c2ccc(-c3cc(-c4cccc(-c5c6sc7ccccc7c6nc6ccc7ccccc7c56)c4)nc(-c4ccccc4)n3)cc2)cc1. The number of thiophene rings is 1. The van der Waals surface area contributed by atoms with E-state index >= 15 is 0 Å². The van der Waals surface area contributed by atoms with Crippen molar-refractivity contribution in [1.82, 2.24) is 15.0 Å². The second-order valence-corrected chi connectivity index (χ2v) is 13.8. The summed E-state index contributed by atoms with van der Waals surface area (Å²) in [7, 11) is 0. The first-order valence-electron chi connectivity index (χ1n) is 17.1. The molecule has 3 aromatic heterocycles. The van der Waals surface area contributed by atoms with Gasteiger partial charge in [0.1, 0.15) is 0 Å². The lowest BCUT2D eigenvalue weighted by molar-refractivity contribution is 1.18. The van der Waals surface area contributed by atoms with Crippen molar-refractivity contribution in [3.05, 3.63) is 176 Å². The molecule has 0 bridgehead atoms.